The van der Waals surface area contributed by atoms with Gasteiger partial charge < -0.3 is 15.7 Å². The van der Waals surface area contributed by atoms with Gasteiger partial charge in [-0.1, -0.05) is 12.1 Å². The summed E-state index contributed by atoms with van der Waals surface area (Å²) in [6.07, 6.45) is 1.63. The Morgan fingerprint density at radius 3 is 2.62 bits per heavy atom. The summed E-state index contributed by atoms with van der Waals surface area (Å²) in [5.74, 6) is -2.13. The molecule has 0 fully saturated rings. The molecule has 2 amide bonds. The first-order valence-corrected chi connectivity index (χ1v) is 6.18. The van der Waals surface area contributed by atoms with Crippen LogP contribution in [-0.2, 0) is 9.59 Å². The van der Waals surface area contributed by atoms with E-state index in [2.05, 4.69) is 15.6 Å². The van der Waals surface area contributed by atoms with E-state index in [0.717, 1.165) is 0 Å². The zero-order chi connectivity index (χ0) is 15.2. The first-order valence-electron chi connectivity index (χ1n) is 6.18. The maximum Gasteiger partial charge on any atom is 0.322 e. The van der Waals surface area contributed by atoms with Gasteiger partial charge in [0.15, 0.2) is 0 Å². The number of aromatic nitrogens is 1. The van der Waals surface area contributed by atoms with Crippen LogP contribution in [0, 0.1) is 0 Å². The molecule has 0 unspecified atom stereocenters. The topological polar surface area (TPSA) is 108 Å². The Hall–Kier alpha value is -2.96. The molecule has 0 atom stereocenters. The molecule has 1 aromatic carbocycles. The minimum atomic E-state index is -1.14. The summed E-state index contributed by atoms with van der Waals surface area (Å²) in [6.45, 7) is -0.768. The number of rotatable bonds is 5. The lowest BCUT2D eigenvalue weighted by molar-refractivity contribution is -0.137. The number of carboxylic acids is 1. The van der Waals surface area contributed by atoms with Gasteiger partial charge in [-0.05, 0) is 18.2 Å². The Bertz CT molecular complexity index is 694. The van der Waals surface area contributed by atoms with E-state index >= 15 is 0 Å². The standard InChI is InChI=1S/C14H13N3O4/c18-12(16-8-13(19)20)7-17-14(21)10-3-1-5-11-9(10)4-2-6-15-11/h1-6H,7-8H2,(H,16,18)(H,17,21)(H,19,20). The third-order valence-corrected chi connectivity index (χ3v) is 2.74. The molecule has 0 spiro atoms. The second kappa shape index (κ2) is 6.47. The second-order valence-corrected chi connectivity index (χ2v) is 4.23. The lowest BCUT2D eigenvalue weighted by Gasteiger charge is -2.07. The van der Waals surface area contributed by atoms with Crippen LogP contribution in [0.3, 0.4) is 0 Å². The number of nitrogens with one attached hydrogen (secondary N) is 2. The maximum atomic E-state index is 12.1. The molecule has 2 rings (SSSR count). The first kappa shape index (κ1) is 14.4. The monoisotopic (exact) mass is 287 g/mol. The van der Waals surface area contributed by atoms with Crippen LogP contribution in [0.15, 0.2) is 36.5 Å². The van der Waals surface area contributed by atoms with Gasteiger partial charge in [0.05, 0.1) is 12.1 Å². The van der Waals surface area contributed by atoms with E-state index in [-0.39, 0.29) is 6.54 Å². The van der Waals surface area contributed by atoms with Crippen molar-refractivity contribution in [1.82, 2.24) is 15.6 Å². The average molecular weight is 287 g/mol. The molecule has 2 aromatic rings. The zero-order valence-electron chi connectivity index (χ0n) is 11.0. The van der Waals surface area contributed by atoms with Crippen LogP contribution in [0.25, 0.3) is 10.9 Å². The third-order valence-electron chi connectivity index (χ3n) is 2.74. The highest BCUT2D eigenvalue weighted by Gasteiger charge is 2.11. The van der Waals surface area contributed by atoms with E-state index in [9.17, 15) is 14.4 Å². The van der Waals surface area contributed by atoms with Crippen LogP contribution < -0.4 is 10.6 Å². The highest BCUT2D eigenvalue weighted by molar-refractivity contribution is 6.07. The number of hydrogen-bond acceptors (Lipinski definition) is 4. The van der Waals surface area contributed by atoms with Crippen molar-refractivity contribution in [3.05, 3.63) is 42.1 Å². The smallest absolute Gasteiger partial charge is 0.322 e. The summed E-state index contributed by atoms with van der Waals surface area (Å²) >= 11 is 0. The molecule has 7 nitrogen and oxygen atoms in total. The number of aliphatic carboxylic acids is 1. The number of benzene rings is 1. The summed E-state index contributed by atoms with van der Waals surface area (Å²) in [7, 11) is 0. The van der Waals surface area contributed by atoms with Gasteiger partial charge in [0, 0.05) is 17.1 Å². The zero-order valence-corrected chi connectivity index (χ0v) is 11.0. The Morgan fingerprint density at radius 1 is 1.05 bits per heavy atom. The summed E-state index contributed by atoms with van der Waals surface area (Å²) in [6, 6.07) is 8.61. The first-order chi connectivity index (χ1) is 10.1. The summed E-state index contributed by atoms with van der Waals surface area (Å²) in [5, 5.41) is 13.7. The van der Waals surface area contributed by atoms with Crippen molar-refractivity contribution >= 4 is 28.7 Å². The number of carbonyl (C=O) groups is 3. The minimum absolute atomic E-state index is 0.289. The van der Waals surface area contributed by atoms with Crippen LogP contribution in [0.4, 0.5) is 0 Å². The quantitative estimate of drug-likeness (QED) is 0.726. The highest BCUT2D eigenvalue weighted by Crippen LogP contribution is 2.15. The average Bonchev–Trinajstić information content (AvgIpc) is 2.50. The van der Waals surface area contributed by atoms with Crippen LogP contribution in [0.1, 0.15) is 10.4 Å². The number of amides is 2. The predicted octanol–water partition coefficient (Wildman–Crippen LogP) is 0.165. The molecule has 108 valence electrons. The SMILES string of the molecule is O=C(O)CNC(=O)CNC(=O)c1cccc2ncccc12. The van der Waals surface area contributed by atoms with Crippen LogP contribution >= 0.6 is 0 Å². The van der Waals surface area contributed by atoms with Crippen molar-refractivity contribution in [2.45, 2.75) is 0 Å². The fourth-order valence-electron chi connectivity index (χ4n) is 1.79. The van der Waals surface area contributed by atoms with Crippen molar-refractivity contribution in [3.63, 3.8) is 0 Å². The van der Waals surface area contributed by atoms with Crippen molar-refractivity contribution in [2.75, 3.05) is 13.1 Å². The number of nitrogens with zero attached hydrogens (tertiary/aromatic N) is 1. The van der Waals surface area contributed by atoms with Crippen molar-refractivity contribution in [1.29, 1.82) is 0 Å². The minimum Gasteiger partial charge on any atom is -0.480 e. The van der Waals surface area contributed by atoms with Crippen molar-refractivity contribution in [3.8, 4) is 0 Å². The van der Waals surface area contributed by atoms with Crippen molar-refractivity contribution in [2.24, 2.45) is 0 Å². The van der Waals surface area contributed by atoms with Crippen molar-refractivity contribution < 1.29 is 19.5 Å². The molecule has 0 saturated heterocycles. The molecule has 0 radical (unpaired) electrons. The molecule has 21 heavy (non-hydrogen) atoms. The Kier molecular flexibility index (Phi) is 4.45. The molecule has 0 bridgehead atoms. The van der Waals surface area contributed by atoms with Gasteiger partial charge in [0.2, 0.25) is 5.91 Å². The van der Waals surface area contributed by atoms with Gasteiger partial charge in [0.1, 0.15) is 6.54 Å². The molecule has 0 aliphatic carbocycles. The molecular weight excluding hydrogens is 274 g/mol. The molecular formula is C14H13N3O4. The molecule has 0 saturated carbocycles. The summed E-state index contributed by atoms with van der Waals surface area (Å²) in [5.41, 5.74) is 1.09. The fourth-order valence-corrected chi connectivity index (χ4v) is 1.79. The molecule has 1 heterocycles. The fraction of sp³-hybridized carbons (Fsp3) is 0.143. The van der Waals surface area contributed by atoms with Crippen LogP contribution in [-0.4, -0.2) is 41.0 Å². The number of hydrogen-bond donors (Lipinski definition) is 3. The lowest BCUT2D eigenvalue weighted by Crippen LogP contribution is -2.39. The second-order valence-electron chi connectivity index (χ2n) is 4.23. The van der Waals surface area contributed by atoms with Gasteiger partial charge in [-0.2, -0.15) is 0 Å². The Morgan fingerprint density at radius 2 is 1.86 bits per heavy atom. The Balaban J connectivity index is 2.03. The van der Waals surface area contributed by atoms with Crippen LogP contribution in [0.5, 0.6) is 0 Å². The van der Waals surface area contributed by atoms with Gasteiger partial charge in [-0.15, -0.1) is 0 Å². The van der Waals surface area contributed by atoms with Gasteiger partial charge in [0.25, 0.3) is 5.91 Å². The number of carbonyl (C=O) groups excluding carboxylic acids is 2. The molecule has 1 aromatic heterocycles. The van der Waals surface area contributed by atoms with E-state index in [1.165, 1.54) is 0 Å². The summed E-state index contributed by atoms with van der Waals surface area (Å²) in [4.78, 5) is 37.9. The lowest BCUT2D eigenvalue weighted by atomic mass is 10.1. The van der Waals surface area contributed by atoms with E-state index < -0.39 is 24.3 Å². The number of pyridine rings is 1. The highest BCUT2D eigenvalue weighted by atomic mass is 16.4. The summed E-state index contributed by atoms with van der Waals surface area (Å²) < 4.78 is 0. The van der Waals surface area contributed by atoms with Gasteiger partial charge >= 0.3 is 5.97 Å². The largest absolute Gasteiger partial charge is 0.480 e. The van der Waals surface area contributed by atoms with Gasteiger partial charge in [-0.25, -0.2) is 0 Å². The normalized spacial score (nSPS) is 10.1. The van der Waals surface area contributed by atoms with E-state index in [1.54, 1.807) is 36.5 Å². The van der Waals surface area contributed by atoms with Gasteiger partial charge in [-0.3, -0.25) is 19.4 Å². The van der Waals surface area contributed by atoms with E-state index in [4.69, 9.17) is 5.11 Å². The van der Waals surface area contributed by atoms with E-state index in [0.29, 0.717) is 16.5 Å². The van der Waals surface area contributed by atoms with E-state index in [1.807, 2.05) is 0 Å². The number of carboxylic acid groups (broad SMARTS) is 1. The number of fused-ring (bicyclic) bond motifs is 1. The maximum absolute atomic E-state index is 12.1. The molecule has 3 N–H and O–H groups in total. The molecule has 0 aliphatic heterocycles. The Labute approximate surface area is 120 Å². The molecule has 0 aliphatic rings. The predicted molar refractivity (Wildman–Crippen MR) is 74.7 cm³/mol. The third kappa shape index (κ3) is 3.75. The molecule has 7 heteroatoms. The van der Waals surface area contributed by atoms with Crippen LogP contribution in [0.2, 0.25) is 0 Å².